The van der Waals surface area contributed by atoms with Crippen LogP contribution in [0.2, 0.25) is 0 Å². The number of fused-ring (bicyclic) bond motifs is 1. The number of nitrogens with zero attached hydrogens (tertiary/aromatic N) is 3. The van der Waals surface area contributed by atoms with Gasteiger partial charge in [0.2, 0.25) is 10.0 Å². The zero-order valence-corrected chi connectivity index (χ0v) is 18.3. The van der Waals surface area contributed by atoms with Crippen LogP contribution in [-0.2, 0) is 19.5 Å². The minimum absolute atomic E-state index is 0.164. The van der Waals surface area contributed by atoms with Crippen LogP contribution in [0, 0.1) is 0 Å². The zero-order valence-electron chi connectivity index (χ0n) is 16.6. The molecule has 2 fully saturated rings. The molecule has 0 unspecified atom stereocenters. The van der Waals surface area contributed by atoms with E-state index in [1.807, 2.05) is 24.3 Å². The second-order valence-electron chi connectivity index (χ2n) is 7.44. The fourth-order valence-electron chi connectivity index (χ4n) is 3.58. The van der Waals surface area contributed by atoms with E-state index >= 15 is 0 Å². The van der Waals surface area contributed by atoms with Crippen LogP contribution in [0.5, 0.6) is 0 Å². The second-order valence-corrected chi connectivity index (χ2v) is 10.4. The molecule has 0 atom stereocenters. The van der Waals surface area contributed by atoms with Crippen molar-refractivity contribution in [3.8, 4) is 0 Å². The molecule has 31 heavy (non-hydrogen) atoms. The molecule has 10 heteroatoms. The summed E-state index contributed by atoms with van der Waals surface area (Å²) in [4.78, 5) is 19.3. The fraction of sp³-hybridized carbons (Fsp3) is 0.333. The van der Waals surface area contributed by atoms with Crippen LogP contribution in [0.4, 0.5) is 5.13 Å². The number of anilines is 1. The topological polar surface area (TPSA) is 89.0 Å². The van der Waals surface area contributed by atoms with Gasteiger partial charge in [0.15, 0.2) is 5.13 Å². The SMILES string of the molecule is O=C(OC1CN(c2nc3ccccc3s2)C1)c1ccc(S(=O)(=O)N2CCOCC2)cc1. The Hall–Kier alpha value is -2.53. The number of carbonyl (C=O) groups excluding carboxylic acids is 1. The molecular weight excluding hydrogens is 438 g/mol. The molecule has 5 rings (SSSR count). The quantitative estimate of drug-likeness (QED) is 0.541. The summed E-state index contributed by atoms with van der Waals surface area (Å²) in [5, 5.41) is 0.922. The van der Waals surface area contributed by atoms with Gasteiger partial charge in [-0.2, -0.15) is 4.31 Å². The number of benzene rings is 2. The molecule has 2 aromatic carbocycles. The molecule has 0 spiro atoms. The van der Waals surface area contributed by atoms with Crippen LogP contribution in [0.3, 0.4) is 0 Å². The molecule has 0 saturated carbocycles. The largest absolute Gasteiger partial charge is 0.455 e. The first-order chi connectivity index (χ1) is 15.0. The van der Waals surface area contributed by atoms with Crippen molar-refractivity contribution >= 4 is 42.7 Å². The summed E-state index contributed by atoms with van der Waals surface area (Å²) >= 11 is 1.62. The van der Waals surface area contributed by atoms with Gasteiger partial charge in [0.25, 0.3) is 0 Å². The Morgan fingerprint density at radius 2 is 1.77 bits per heavy atom. The Morgan fingerprint density at radius 3 is 2.48 bits per heavy atom. The van der Waals surface area contributed by atoms with Crippen LogP contribution in [0.15, 0.2) is 53.4 Å². The van der Waals surface area contributed by atoms with Gasteiger partial charge in [-0.3, -0.25) is 0 Å². The summed E-state index contributed by atoms with van der Waals surface area (Å²) in [7, 11) is -3.58. The monoisotopic (exact) mass is 459 g/mol. The van der Waals surface area contributed by atoms with Crippen LogP contribution >= 0.6 is 11.3 Å². The van der Waals surface area contributed by atoms with Gasteiger partial charge in [-0.15, -0.1) is 0 Å². The standard InChI is InChI=1S/C21H21N3O5S2/c25-20(15-5-7-17(8-6-15)31(26,27)24-9-11-28-12-10-24)29-16-13-23(14-16)21-22-18-3-1-2-4-19(18)30-21/h1-8,16H,9-14H2. The van der Waals surface area contributed by atoms with E-state index in [1.165, 1.54) is 28.6 Å². The highest BCUT2D eigenvalue weighted by atomic mass is 32.2. The predicted molar refractivity (Wildman–Crippen MR) is 117 cm³/mol. The van der Waals surface area contributed by atoms with E-state index in [4.69, 9.17) is 9.47 Å². The molecule has 3 aromatic rings. The molecule has 2 aliphatic heterocycles. The lowest BCUT2D eigenvalue weighted by Crippen LogP contribution is -2.53. The molecule has 162 valence electrons. The summed E-state index contributed by atoms with van der Waals surface area (Å²) in [6, 6.07) is 13.9. The van der Waals surface area contributed by atoms with Crippen molar-refractivity contribution in [2.24, 2.45) is 0 Å². The Bertz CT molecular complexity index is 1160. The van der Waals surface area contributed by atoms with Crippen LogP contribution < -0.4 is 4.90 Å². The van der Waals surface area contributed by atoms with Crippen molar-refractivity contribution < 1.29 is 22.7 Å². The highest BCUT2D eigenvalue weighted by molar-refractivity contribution is 7.89. The van der Waals surface area contributed by atoms with Crippen molar-refractivity contribution in [1.82, 2.24) is 9.29 Å². The number of sulfonamides is 1. The smallest absolute Gasteiger partial charge is 0.338 e. The number of esters is 1. The molecule has 2 saturated heterocycles. The predicted octanol–water partition coefficient (Wildman–Crippen LogP) is 2.36. The molecule has 0 bridgehead atoms. The van der Waals surface area contributed by atoms with E-state index in [-0.39, 0.29) is 11.0 Å². The fourth-order valence-corrected chi connectivity index (χ4v) is 5.97. The van der Waals surface area contributed by atoms with Crippen molar-refractivity contribution in [2.45, 2.75) is 11.0 Å². The third kappa shape index (κ3) is 4.03. The highest BCUT2D eigenvalue weighted by Gasteiger charge is 2.32. The number of morpholine rings is 1. The van der Waals surface area contributed by atoms with E-state index < -0.39 is 16.0 Å². The van der Waals surface area contributed by atoms with E-state index in [2.05, 4.69) is 9.88 Å². The summed E-state index contributed by atoms with van der Waals surface area (Å²) < 4.78 is 38.7. The van der Waals surface area contributed by atoms with E-state index in [0.29, 0.717) is 45.0 Å². The third-order valence-electron chi connectivity index (χ3n) is 5.37. The Labute approximate surface area is 184 Å². The van der Waals surface area contributed by atoms with Gasteiger partial charge in [-0.05, 0) is 36.4 Å². The van der Waals surface area contributed by atoms with Gasteiger partial charge in [0, 0.05) is 13.1 Å². The van der Waals surface area contributed by atoms with Crippen molar-refractivity contribution in [2.75, 3.05) is 44.3 Å². The first kappa shape index (κ1) is 20.4. The van der Waals surface area contributed by atoms with E-state index in [9.17, 15) is 13.2 Å². The van der Waals surface area contributed by atoms with E-state index in [1.54, 1.807) is 11.3 Å². The van der Waals surface area contributed by atoms with Gasteiger partial charge >= 0.3 is 5.97 Å². The van der Waals surface area contributed by atoms with Gasteiger partial charge in [-0.1, -0.05) is 23.5 Å². The summed E-state index contributed by atoms with van der Waals surface area (Å²) in [6.07, 6.45) is -0.212. The van der Waals surface area contributed by atoms with Gasteiger partial charge in [0.05, 0.1) is 47.0 Å². The molecule has 1 aromatic heterocycles. The first-order valence-corrected chi connectivity index (χ1v) is 12.3. The maximum absolute atomic E-state index is 12.7. The lowest BCUT2D eigenvalue weighted by Gasteiger charge is -2.38. The molecule has 0 radical (unpaired) electrons. The van der Waals surface area contributed by atoms with Gasteiger partial charge in [-0.25, -0.2) is 18.2 Å². The number of hydrogen-bond acceptors (Lipinski definition) is 8. The van der Waals surface area contributed by atoms with Crippen molar-refractivity contribution in [1.29, 1.82) is 0 Å². The zero-order chi connectivity index (χ0) is 21.4. The molecule has 8 nitrogen and oxygen atoms in total. The Balaban J connectivity index is 1.18. The molecule has 0 N–H and O–H groups in total. The molecular formula is C21H21N3O5S2. The normalized spacial score (nSPS) is 18.1. The van der Waals surface area contributed by atoms with Crippen LogP contribution in [-0.4, -0.2) is 69.2 Å². The lowest BCUT2D eigenvalue weighted by atomic mass is 10.2. The summed E-state index contributed by atoms with van der Waals surface area (Å²) in [5.74, 6) is -0.454. The number of carbonyl (C=O) groups is 1. The highest BCUT2D eigenvalue weighted by Crippen LogP contribution is 2.32. The lowest BCUT2D eigenvalue weighted by molar-refractivity contribution is 0.0234. The minimum Gasteiger partial charge on any atom is -0.455 e. The number of ether oxygens (including phenoxy) is 2. The number of para-hydroxylation sites is 1. The van der Waals surface area contributed by atoms with E-state index in [0.717, 1.165) is 15.3 Å². The molecule has 2 aliphatic rings. The third-order valence-corrected chi connectivity index (χ3v) is 8.38. The number of hydrogen-bond donors (Lipinski definition) is 0. The number of thiazole rings is 1. The van der Waals surface area contributed by atoms with Gasteiger partial charge in [0.1, 0.15) is 6.10 Å². The maximum atomic E-state index is 12.7. The van der Waals surface area contributed by atoms with Crippen molar-refractivity contribution in [3.63, 3.8) is 0 Å². The summed E-state index contributed by atoms with van der Waals surface area (Å²) in [5.41, 5.74) is 1.30. The first-order valence-electron chi connectivity index (χ1n) is 10.0. The Kier molecular flexibility index (Phi) is 5.39. The number of aromatic nitrogens is 1. The second kappa shape index (κ2) is 8.19. The average molecular weight is 460 g/mol. The van der Waals surface area contributed by atoms with Crippen LogP contribution in [0.25, 0.3) is 10.2 Å². The number of rotatable bonds is 5. The average Bonchev–Trinajstić information content (AvgIpc) is 3.20. The maximum Gasteiger partial charge on any atom is 0.338 e. The molecule has 3 heterocycles. The molecule has 0 aliphatic carbocycles. The van der Waals surface area contributed by atoms with Crippen LogP contribution in [0.1, 0.15) is 10.4 Å². The minimum atomic E-state index is -3.58. The van der Waals surface area contributed by atoms with Gasteiger partial charge < -0.3 is 14.4 Å². The summed E-state index contributed by atoms with van der Waals surface area (Å²) in [6.45, 7) is 2.63. The van der Waals surface area contributed by atoms with Crippen molar-refractivity contribution in [3.05, 3.63) is 54.1 Å². The molecule has 0 amide bonds. The Morgan fingerprint density at radius 1 is 1.06 bits per heavy atom.